The summed E-state index contributed by atoms with van der Waals surface area (Å²) in [5, 5.41) is 7.37. The van der Waals surface area contributed by atoms with Crippen LogP contribution in [0.1, 0.15) is 16.1 Å². The minimum atomic E-state index is -0.333. The highest BCUT2D eigenvalue weighted by Crippen LogP contribution is 2.25. The Kier molecular flexibility index (Phi) is 4.12. The summed E-state index contributed by atoms with van der Waals surface area (Å²) in [6.45, 7) is 1.93. The van der Waals surface area contributed by atoms with Gasteiger partial charge in [-0.1, -0.05) is 23.7 Å². The van der Waals surface area contributed by atoms with Crippen molar-refractivity contribution < 1.29 is 4.79 Å². The van der Waals surface area contributed by atoms with Crippen LogP contribution in [0.5, 0.6) is 0 Å². The van der Waals surface area contributed by atoms with E-state index in [4.69, 9.17) is 11.6 Å². The Morgan fingerprint density at radius 3 is 2.74 bits per heavy atom. The van der Waals surface area contributed by atoms with Crippen molar-refractivity contribution in [3.63, 3.8) is 0 Å². The van der Waals surface area contributed by atoms with Crippen LogP contribution in [0.2, 0.25) is 5.02 Å². The molecule has 3 rings (SSSR count). The van der Waals surface area contributed by atoms with Crippen LogP contribution in [-0.2, 0) is 7.05 Å². The van der Waals surface area contributed by atoms with Crippen molar-refractivity contribution in [1.82, 2.24) is 14.8 Å². The molecule has 0 saturated carbocycles. The Morgan fingerprint density at radius 1 is 1.22 bits per heavy atom. The number of pyridine rings is 1. The highest BCUT2D eigenvalue weighted by molar-refractivity contribution is 6.34. The molecule has 3 aromatic rings. The molecule has 1 amide bonds. The number of aromatic nitrogens is 3. The molecule has 0 aliphatic carbocycles. The summed E-state index contributed by atoms with van der Waals surface area (Å²) >= 11 is 6.02. The van der Waals surface area contributed by atoms with E-state index < -0.39 is 0 Å². The van der Waals surface area contributed by atoms with Crippen molar-refractivity contribution in [2.24, 2.45) is 7.05 Å². The molecule has 0 saturated heterocycles. The number of nitrogens with one attached hydrogen (secondary N) is 1. The molecule has 6 heteroatoms. The molecule has 0 atom stereocenters. The molecule has 1 N–H and O–H groups in total. The van der Waals surface area contributed by atoms with E-state index in [-0.39, 0.29) is 11.6 Å². The summed E-state index contributed by atoms with van der Waals surface area (Å²) in [6.07, 6.45) is 3.28. The van der Waals surface area contributed by atoms with Crippen LogP contribution in [0.3, 0.4) is 0 Å². The fraction of sp³-hybridized carbons (Fsp3) is 0.118. The van der Waals surface area contributed by atoms with E-state index in [9.17, 15) is 4.79 Å². The average molecular weight is 327 g/mol. The zero-order valence-electron chi connectivity index (χ0n) is 12.7. The Hall–Kier alpha value is -2.66. The smallest absolute Gasteiger partial charge is 0.275 e. The zero-order valence-corrected chi connectivity index (χ0v) is 13.5. The largest absolute Gasteiger partial charge is 0.320 e. The predicted molar refractivity (Wildman–Crippen MR) is 90.6 cm³/mol. The predicted octanol–water partition coefficient (Wildman–Crippen LogP) is 3.70. The Balaban J connectivity index is 1.93. The lowest BCUT2D eigenvalue weighted by Crippen LogP contribution is -2.15. The SMILES string of the molecule is Cc1ccc(-c2ccnn2C)cc1NC(=O)c1ncccc1Cl. The summed E-state index contributed by atoms with van der Waals surface area (Å²) in [5.74, 6) is -0.333. The molecular formula is C17H15ClN4O. The molecule has 1 aromatic carbocycles. The molecule has 23 heavy (non-hydrogen) atoms. The minimum absolute atomic E-state index is 0.208. The van der Waals surface area contributed by atoms with Gasteiger partial charge in [0.15, 0.2) is 0 Å². The van der Waals surface area contributed by atoms with Gasteiger partial charge in [-0.25, -0.2) is 4.98 Å². The summed E-state index contributed by atoms with van der Waals surface area (Å²) < 4.78 is 1.78. The lowest BCUT2D eigenvalue weighted by molar-refractivity contribution is 0.102. The van der Waals surface area contributed by atoms with E-state index in [2.05, 4.69) is 15.4 Å². The van der Waals surface area contributed by atoms with Gasteiger partial charge in [-0.15, -0.1) is 0 Å². The molecule has 0 aliphatic rings. The topological polar surface area (TPSA) is 59.8 Å². The van der Waals surface area contributed by atoms with Crippen LogP contribution in [0.25, 0.3) is 11.3 Å². The van der Waals surface area contributed by atoms with Gasteiger partial charge in [-0.2, -0.15) is 5.10 Å². The third-order valence-corrected chi connectivity index (χ3v) is 3.88. The maximum atomic E-state index is 12.4. The average Bonchev–Trinajstić information content (AvgIpc) is 2.96. The van der Waals surface area contributed by atoms with Gasteiger partial charge in [0.1, 0.15) is 5.69 Å². The Morgan fingerprint density at radius 2 is 2.04 bits per heavy atom. The van der Waals surface area contributed by atoms with Gasteiger partial charge in [0.25, 0.3) is 5.91 Å². The second-order valence-corrected chi connectivity index (χ2v) is 5.56. The van der Waals surface area contributed by atoms with Crippen molar-refractivity contribution in [3.05, 3.63) is 65.1 Å². The Bertz CT molecular complexity index is 873. The molecule has 0 fully saturated rings. The summed E-state index contributed by atoms with van der Waals surface area (Å²) in [7, 11) is 1.88. The maximum absolute atomic E-state index is 12.4. The van der Waals surface area contributed by atoms with Crippen molar-refractivity contribution in [2.45, 2.75) is 6.92 Å². The van der Waals surface area contributed by atoms with Crippen LogP contribution in [0.4, 0.5) is 5.69 Å². The molecule has 0 spiro atoms. The van der Waals surface area contributed by atoms with Gasteiger partial charge in [0.05, 0.1) is 10.7 Å². The van der Waals surface area contributed by atoms with E-state index in [1.165, 1.54) is 0 Å². The van der Waals surface area contributed by atoms with Gasteiger partial charge in [0.2, 0.25) is 0 Å². The van der Waals surface area contributed by atoms with Gasteiger partial charge in [-0.05, 0) is 36.8 Å². The summed E-state index contributed by atoms with van der Waals surface area (Å²) in [4.78, 5) is 16.4. The van der Waals surface area contributed by atoms with E-state index >= 15 is 0 Å². The number of hydrogen-bond acceptors (Lipinski definition) is 3. The molecule has 2 aromatic heterocycles. The number of hydrogen-bond donors (Lipinski definition) is 1. The molecule has 0 unspecified atom stereocenters. The van der Waals surface area contributed by atoms with Crippen LogP contribution in [0.15, 0.2) is 48.8 Å². The number of anilines is 1. The number of carbonyl (C=O) groups excluding carboxylic acids is 1. The molecule has 116 valence electrons. The third-order valence-electron chi connectivity index (χ3n) is 3.58. The molecule has 2 heterocycles. The van der Waals surface area contributed by atoms with Crippen LogP contribution < -0.4 is 5.32 Å². The number of carbonyl (C=O) groups is 1. The first-order valence-electron chi connectivity index (χ1n) is 7.07. The lowest BCUT2D eigenvalue weighted by Gasteiger charge is -2.11. The highest BCUT2D eigenvalue weighted by atomic mass is 35.5. The normalized spacial score (nSPS) is 10.6. The lowest BCUT2D eigenvalue weighted by atomic mass is 10.1. The van der Waals surface area contributed by atoms with Crippen molar-refractivity contribution in [3.8, 4) is 11.3 Å². The Labute approximate surface area is 138 Å². The van der Waals surface area contributed by atoms with Crippen molar-refractivity contribution in [1.29, 1.82) is 0 Å². The molecule has 5 nitrogen and oxygen atoms in total. The van der Waals surface area contributed by atoms with Gasteiger partial charge < -0.3 is 5.32 Å². The molecular weight excluding hydrogens is 312 g/mol. The van der Waals surface area contributed by atoms with E-state index in [1.54, 1.807) is 29.2 Å². The number of halogens is 1. The monoisotopic (exact) mass is 326 g/mol. The number of rotatable bonds is 3. The summed E-state index contributed by atoms with van der Waals surface area (Å²) in [6, 6.07) is 11.1. The van der Waals surface area contributed by atoms with E-state index in [1.807, 2.05) is 38.2 Å². The van der Waals surface area contributed by atoms with Crippen molar-refractivity contribution in [2.75, 3.05) is 5.32 Å². The first kappa shape index (κ1) is 15.2. The van der Waals surface area contributed by atoms with Gasteiger partial charge in [-0.3, -0.25) is 9.48 Å². The number of amides is 1. The molecule has 0 bridgehead atoms. The second kappa shape index (κ2) is 6.22. The van der Waals surface area contributed by atoms with E-state index in [0.29, 0.717) is 5.02 Å². The minimum Gasteiger partial charge on any atom is -0.320 e. The first-order valence-corrected chi connectivity index (χ1v) is 7.45. The zero-order chi connectivity index (χ0) is 16.4. The van der Waals surface area contributed by atoms with Crippen LogP contribution >= 0.6 is 11.6 Å². The molecule has 0 radical (unpaired) electrons. The summed E-state index contributed by atoms with van der Waals surface area (Å²) in [5.41, 5.74) is 3.82. The fourth-order valence-corrected chi connectivity index (χ4v) is 2.51. The number of benzene rings is 1. The van der Waals surface area contributed by atoms with Crippen molar-refractivity contribution >= 4 is 23.2 Å². The second-order valence-electron chi connectivity index (χ2n) is 5.16. The number of aryl methyl sites for hydroxylation is 2. The van der Waals surface area contributed by atoms with E-state index in [0.717, 1.165) is 22.5 Å². The number of nitrogens with zero attached hydrogens (tertiary/aromatic N) is 3. The highest BCUT2D eigenvalue weighted by Gasteiger charge is 2.13. The van der Waals surface area contributed by atoms with Crippen LogP contribution in [-0.4, -0.2) is 20.7 Å². The third kappa shape index (κ3) is 3.10. The van der Waals surface area contributed by atoms with Crippen LogP contribution in [0, 0.1) is 6.92 Å². The standard InChI is InChI=1S/C17H15ClN4O/c1-11-5-6-12(15-7-9-20-22(15)2)10-14(11)21-17(23)16-13(18)4-3-8-19-16/h3-10H,1-2H3,(H,21,23). The quantitative estimate of drug-likeness (QED) is 0.798. The van der Waals surface area contributed by atoms with Gasteiger partial charge in [0, 0.05) is 30.7 Å². The first-order chi connectivity index (χ1) is 11.1. The van der Waals surface area contributed by atoms with Gasteiger partial charge >= 0.3 is 0 Å². The fourth-order valence-electron chi connectivity index (χ4n) is 2.31. The maximum Gasteiger partial charge on any atom is 0.275 e. The molecule has 0 aliphatic heterocycles.